The largest absolute Gasteiger partial charge is 0.465 e. The lowest BCUT2D eigenvalue weighted by atomic mass is 10.1. The van der Waals surface area contributed by atoms with Crippen LogP contribution in [0.3, 0.4) is 0 Å². The maximum absolute atomic E-state index is 12.3. The number of nitrogens with two attached hydrogens (primary N) is 1. The van der Waals surface area contributed by atoms with Gasteiger partial charge in [-0.25, -0.2) is 23.1 Å². The van der Waals surface area contributed by atoms with E-state index in [2.05, 4.69) is 16.0 Å². The van der Waals surface area contributed by atoms with Gasteiger partial charge in [0.1, 0.15) is 0 Å². The molecule has 0 saturated heterocycles. The van der Waals surface area contributed by atoms with Crippen LogP contribution in [0, 0.1) is 6.92 Å². The monoisotopic (exact) mass is 468 g/mol. The minimum absolute atomic E-state index is 0.0378. The third kappa shape index (κ3) is 6.55. The number of methoxy groups -OCH3 is 1. The number of aryl methyl sites for hydroxylation is 1. The van der Waals surface area contributed by atoms with E-state index < -0.39 is 16.0 Å². The fraction of sp³-hybridized carbons (Fsp3) is 0.130. The average Bonchev–Trinajstić information content (AvgIpc) is 2.76. The van der Waals surface area contributed by atoms with E-state index in [0.717, 1.165) is 17.2 Å². The lowest BCUT2D eigenvalue weighted by Crippen LogP contribution is -2.19. The molecule has 0 radical (unpaired) electrons. The topological polar surface area (TPSA) is 140 Å². The molecule has 0 aromatic heterocycles. The Balaban J connectivity index is 1.70. The highest BCUT2D eigenvalue weighted by molar-refractivity contribution is 7.89. The minimum atomic E-state index is -3.97. The Labute approximate surface area is 192 Å². The lowest BCUT2D eigenvalue weighted by Gasteiger charge is -2.13. The number of sulfonamides is 1. The molecule has 0 aliphatic carbocycles. The molecule has 0 aliphatic rings. The Morgan fingerprint density at radius 1 is 0.939 bits per heavy atom. The van der Waals surface area contributed by atoms with E-state index in [1.54, 1.807) is 24.3 Å². The van der Waals surface area contributed by atoms with Gasteiger partial charge in [0, 0.05) is 23.6 Å². The molecule has 0 saturated carbocycles. The summed E-state index contributed by atoms with van der Waals surface area (Å²) in [4.78, 5) is 24.2. The van der Waals surface area contributed by atoms with Gasteiger partial charge in [0.25, 0.3) is 0 Å². The molecular formula is C23H24N4O5S. The van der Waals surface area contributed by atoms with E-state index >= 15 is 0 Å². The summed E-state index contributed by atoms with van der Waals surface area (Å²) < 4.78 is 28.0. The summed E-state index contributed by atoms with van der Waals surface area (Å²) in [6, 6.07) is 18.1. The number of esters is 1. The molecule has 0 bridgehead atoms. The molecule has 3 rings (SSSR count). The molecule has 9 nitrogen and oxygen atoms in total. The maximum atomic E-state index is 12.3. The number of hydrogen-bond donors (Lipinski definition) is 4. The van der Waals surface area contributed by atoms with Crippen LogP contribution in [0.4, 0.5) is 21.9 Å². The molecule has 3 aromatic carbocycles. The zero-order valence-electron chi connectivity index (χ0n) is 18.1. The molecule has 33 heavy (non-hydrogen) atoms. The number of anilines is 3. The Bertz CT molecular complexity index is 1290. The number of hydrogen-bond acceptors (Lipinski definition) is 6. The number of ether oxygens (including phenoxy) is 1. The van der Waals surface area contributed by atoms with Crippen LogP contribution in [-0.2, 0) is 21.3 Å². The highest BCUT2D eigenvalue weighted by Gasteiger charge is 2.17. The van der Waals surface area contributed by atoms with E-state index in [1.807, 2.05) is 31.2 Å². The maximum Gasteiger partial charge on any atom is 0.340 e. The fourth-order valence-corrected chi connectivity index (χ4v) is 3.65. The first-order chi connectivity index (χ1) is 15.7. The molecule has 0 fully saturated rings. The van der Waals surface area contributed by atoms with Crippen molar-refractivity contribution in [2.45, 2.75) is 18.4 Å². The first-order valence-electron chi connectivity index (χ1n) is 9.88. The molecule has 2 amide bonds. The van der Waals surface area contributed by atoms with E-state index in [0.29, 0.717) is 23.6 Å². The first-order valence-corrected chi connectivity index (χ1v) is 11.4. The van der Waals surface area contributed by atoms with Gasteiger partial charge in [-0.1, -0.05) is 24.3 Å². The van der Waals surface area contributed by atoms with Gasteiger partial charge in [-0.3, -0.25) is 0 Å². The van der Waals surface area contributed by atoms with Crippen LogP contribution in [0.5, 0.6) is 0 Å². The predicted octanol–water partition coefficient (Wildman–Crippen LogP) is 3.69. The van der Waals surface area contributed by atoms with Crippen molar-refractivity contribution in [1.29, 1.82) is 0 Å². The molecule has 0 aliphatic heterocycles. The van der Waals surface area contributed by atoms with E-state index in [4.69, 9.17) is 9.88 Å². The summed E-state index contributed by atoms with van der Waals surface area (Å²) in [5.41, 5.74) is 3.53. The van der Waals surface area contributed by atoms with Gasteiger partial charge >= 0.3 is 12.0 Å². The number of carbonyl (C=O) groups excluding carboxylic acids is 2. The Morgan fingerprint density at radius 2 is 1.61 bits per heavy atom. The van der Waals surface area contributed by atoms with Crippen LogP contribution < -0.4 is 21.1 Å². The minimum Gasteiger partial charge on any atom is -0.465 e. The number of primary sulfonamides is 1. The van der Waals surface area contributed by atoms with Crippen molar-refractivity contribution in [2.24, 2.45) is 5.14 Å². The van der Waals surface area contributed by atoms with Crippen molar-refractivity contribution in [2.75, 3.05) is 23.1 Å². The Morgan fingerprint density at radius 3 is 2.24 bits per heavy atom. The number of amides is 2. The zero-order chi connectivity index (χ0) is 24.0. The smallest absolute Gasteiger partial charge is 0.340 e. The second-order valence-corrected chi connectivity index (χ2v) is 8.81. The van der Waals surface area contributed by atoms with Crippen molar-refractivity contribution in [1.82, 2.24) is 0 Å². The molecule has 0 heterocycles. The molecule has 3 aromatic rings. The van der Waals surface area contributed by atoms with E-state index in [1.165, 1.54) is 19.2 Å². The summed E-state index contributed by atoms with van der Waals surface area (Å²) in [6.07, 6.45) is 0. The number of urea groups is 1. The van der Waals surface area contributed by atoms with Gasteiger partial charge in [0.05, 0.1) is 17.6 Å². The number of nitrogens with one attached hydrogen (secondary N) is 3. The van der Waals surface area contributed by atoms with Crippen LogP contribution >= 0.6 is 0 Å². The third-order valence-corrected chi connectivity index (χ3v) is 5.58. The summed E-state index contributed by atoms with van der Waals surface area (Å²) in [6.45, 7) is 2.24. The van der Waals surface area contributed by atoms with Gasteiger partial charge in [0.2, 0.25) is 10.0 Å². The fourth-order valence-electron chi connectivity index (χ4n) is 3.11. The van der Waals surface area contributed by atoms with Crippen LogP contribution in [0.1, 0.15) is 21.5 Å². The summed E-state index contributed by atoms with van der Waals surface area (Å²) in [5.74, 6) is -0.703. The van der Waals surface area contributed by atoms with E-state index in [-0.39, 0.29) is 16.5 Å². The van der Waals surface area contributed by atoms with Crippen molar-refractivity contribution in [3.05, 3.63) is 83.4 Å². The van der Waals surface area contributed by atoms with Gasteiger partial charge in [-0.15, -0.1) is 0 Å². The zero-order valence-corrected chi connectivity index (χ0v) is 18.9. The SMILES string of the molecule is COC(=O)c1cc(S(N)(=O)=O)ccc1NCc1cccc(NC(=O)Nc2cccc(C)c2)c1. The van der Waals surface area contributed by atoms with Gasteiger partial charge < -0.3 is 20.7 Å². The molecule has 0 unspecified atom stereocenters. The van der Waals surface area contributed by atoms with Crippen molar-refractivity contribution >= 4 is 39.1 Å². The number of rotatable bonds is 7. The quantitative estimate of drug-likeness (QED) is 0.390. The average molecular weight is 469 g/mol. The van der Waals surface area contributed by atoms with E-state index in [9.17, 15) is 18.0 Å². The molecular weight excluding hydrogens is 444 g/mol. The van der Waals surface area contributed by atoms with Crippen LogP contribution in [0.15, 0.2) is 71.6 Å². The van der Waals surface area contributed by atoms with Crippen molar-refractivity contribution in [3.8, 4) is 0 Å². The third-order valence-electron chi connectivity index (χ3n) is 4.67. The van der Waals surface area contributed by atoms with Crippen molar-refractivity contribution in [3.63, 3.8) is 0 Å². The highest BCUT2D eigenvalue weighted by atomic mass is 32.2. The number of carbonyl (C=O) groups is 2. The summed E-state index contributed by atoms with van der Waals surface area (Å²) >= 11 is 0. The molecule has 0 atom stereocenters. The first kappa shape index (κ1) is 23.8. The van der Waals surface area contributed by atoms with Crippen molar-refractivity contribution < 1.29 is 22.7 Å². The van der Waals surface area contributed by atoms with Gasteiger partial charge in [0.15, 0.2) is 0 Å². The highest BCUT2D eigenvalue weighted by Crippen LogP contribution is 2.22. The Hall–Kier alpha value is -3.89. The lowest BCUT2D eigenvalue weighted by molar-refractivity contribution is 0.0601. The number of benzene rings is 3. The van der Waals surface area contributed by atoms with Gasteiger partial charge in [-0.2, -0.15) is 0 Å². The van der Waals surface area contributed by atoms with Crippen LogP contribution in [0.25, 0.3) is 0 Å². The summed E-state index contributed by atoms with van der Waals surface area (Å²) in [5, 5.41) is 13.8. The van der Waals surface area contributed by atoms with Crippen LogP contribution in [-0.4, -0.2) is 27.5 Å². The standard InChI is InChI=1S/C23H24N4O5S/c1-15-5-3-7-17(11-15)26-23(29)27-18-8-4-6-16(12-18)14-25-21-10-9-19(33(24,30)31)13-20(21)22(28)32-2/h3-13,25H,14H2,1-2H3,(H2,24,30,31)(H2,26,27,29). The predicted molar refractivity (Wildman–Crippen MR) is 127 cm³/mol. The second-order valence-electron chi connectivity index (χ2n) is 7.25. The van der Waals surface area contributed by atoms with Gasteiger partial charge in [-0.05, 0) is 60.5 Å². The molecule has 5 N–H and O–H groups in total. The second kappa shape index (κ2) is 10.2. The molecule has 10 heteroatoms. The van der Waals surface area contributed by atoms with Crippen LogP contribution in [0.2, 0.25) is 0 Å². The molecule has 172 valence electrons. The summed E-state index contributed by atoms with van der Waals surface area (Å²) in [7, 11) is -2.77. The Kier molecular flexibility index (Phi) is 7.31. The molecule has 0 spiro atoms. The normalized spacial score (nSPS) is 10.9.